The zero-order valence-corrected chi connectivity index (χ0v) is 16.3. The van der Waals surface area contributed by atoms with Gasteiger partial charge in [-0.1, -0.05) is 25.3 Å². The molecule has 3 aliphatic rings. The summed E-state index contributed by atoms with van der Waals surface area (Å²) in [5.41, 5.74) is -0.453. The van der Waals surface area contributed by atoms with Crippen molar-refractivity contribution in [2.24, 2.45) is 0 Å². The van der Waals surface area contributed by atoms with E-state index in [1.54, 1.807) is 17.0 Å². The zero-order valence-electron chi connectivity index (χ0n) is 16.3. The minimum atomic E-state index is -0.842. The monoisotopic (exact) mass is 389 g/mol. The van der Waals surface area contributed by atoms with E-state index in [9.17, 15) is 14.0 Å². The molecule has 1 aliphatic carbocycles. The Bertz CT molecular complexity index is 735. The first kappa shape index (κ1) is 19.2. The second kappa shape index (κ2) is 8.07. The molecular weight excluding hydrogens is 359 g/mol. The topological polar surface area (TPSA) is 65.9 Å². The Kier molecular flexibility index (Phi) is 5.53. The molecule has 1 aromatic carbocycles. The van der Waals surface area contributed by atoms with Gasteiger partial charge in [-0.3, -0.25) is 4.79 Å². The number of carbonyl (C=O) groups is 2. The predicted octanol–water partition coefficient (Wildman–Crippen LogP) is 1.54. The van der Waals surface area contributed by atoms with Gasteiger partial charge in [0.1, 0.15) is 17.4 Å². The summed E-state index contributed by atoms with van der Waals surface area (Å²) in [6.07, 6.45) is 6.70. The molecule has 3 N–H and O–H groups in total. The highest BCUT2D eigenvalue weighted by Crippen LogP contribution is 2.31. The van der Waals surface area contributed by atoms with Gasteiger partial charge in [0.15, 0.2) is 0 Å². The van der Waals surface area contributed by atoms with Crippen LogP contribution >= 0.6 is 0 Å². The van der Waals surface area contributed by atoms with Crippen molar-refractivity contribution in [3.63, 3.8) is 0 Å². The lowest BCUT2D eigenvalue weighted by molar-refractivity contribution is -0.916. The van der Waals surface area contributed by atoms with Crippen molar-refractivity contribution in [2.45, 2.75) is 56.5 Å². The van der Waals surface area contributed by atoms with Crippen molar-refractivity contribution < 1.29 is 18.9 Å². The molecule has 4 rings (SSSR count). The largest absolute Gasteiger partial charge is 0.330 e. The molecule has 2 atom stereocenters. The van der Waals surface area contributed by atoms with Crippen LogP contribution in [0.15, 0.2) is 24.3 Å². The highest BCUT2D eigenvalue weighted by atomic mass is 19.1. The molecule has 0 spiro atoms. The highest BCUT2D eigenvalue weighted by molar-refractivity contribution is 5.96. The number of hydrogen-bond acceptors (Lipinski definition) is 2. The highest BCUT2D eigenvalue weighted by Gasteiger charge is 2.46. The Morgan fingerprint density at radius 1 is 1.14 bits per heavy atom. The lowest BCUT2D eigenvalue weighted by Gasteiger charge is -2.43. The number of rotatable bonds is 3. The first-order chi connectivity index (χ1) is 13.6. The van der Waals surface area contributed by atoms with Gasteiger partial charge in [-0.2, -0.15) is 0 Å². The van der Waals surface area contributed by atoms with E-state index in [-0.39, 0.29) is 5.91 Å². The number of halogens is 1. The zero-order chi connectivity index (χ0) is 19.6. The number of urea groups is 1. The van der Waals surface area contributed by atoms with Crippen LogP contribution in [0.2, 0.25) is 0 Å². The number of amides is 3. The lowest BCUT2D eigenvalue weighted by atomic mass is 9.80. The summed E-state index contributed by atoms with van der Waals surface area (Å²) in [6, 6.07) is 5.90. The first-order valence-corrected chi connectivity index (χ1v) is 10.5. The van der Waals surface area contributed by atoms with E-state index in [0.29, 0.717) is 24.6 Å². The minimum Gasteiger partial charge on any atom is -0.330 e. The van der Waals surface area contributed by atoms with E-state index in [1.165, 1.54) is 31.5 Å². The van der Waals surface area contributed by atoms with Crippen molar-refractivity contribution in [1.29, 1.82) is 0 Å². The van der Waals surface area contributed by atoms with Gasteiger partial charge in [0.05, 0.1) is 26.2 Å². The maximum absolute atomic E-state index is 13.5. The van der Waals surface area contributed by atoms with Crippen LogP contribution in [0.1, 0.15) is 44.9 Å². The van der Waals surface area contributed by atoms with Gasteiger partial charge in [0, 0.05) is 18.5 Å². The van der Waals surface area contributed by atoms with Crippen molar-refractivity contribution in [2.75, 3.05) is 31.5 Å². The molecule has 3 amide bonds. The molecule has 6 nitrogen and oxygen atoms in total. The molecule has 28 heavy (non-hydrogen) atoms. The quantitative estimate of drug-likeness (QED) is 0.734. The van der Waals surface area contributed by atoms with E-state index < -0.39 is 17.4 Å². The van der Waals surface area contributed by atoms with Crippen LogP contribution in [0.25, 0.3) is 0 Å². The van der Waals surface area contributed by atoms with E-state index >= 15 is 0 Å². The number of carbonyl (C=O) groups excluding carboxylic acids is 2. The number of anilines is 1. The van der Waals surface area contributed by atoms with Crippen LogP contribution in [0.3, 0.4) is 0 Å². The fraction of sp³-hybridized carbons (Fsp3) is 0.619. The van der Waals surface area contributed by atoms with Crippen molar-refractivity contribution >= 4 is 17.6 Å². The smallest absolute Gasteiger partial charge is 0.320 e. The van der Waals surface area contributed by atoms with Gasteiger partial charge in [-0.05, 0) is 31.0 Å². The third-order valence-corrected chi connectivity index (χ3v) is 6.61. The molecule has 0 aromatic heterocycles. The molecule has 3 fully saturated rings. The van der Waals surface area contributed by atoms with Crippen LogP contribution in [-0.4, -0.2) is 54.6 Å². The Balaban J connectivity index is 1.46. The van der Waals surface area contributed by atoms with Gasteiger partial charge in [0.2, 0.25) is 5.91 Å². The van der Waals surface area contributed by atoms with E-state index in [4.69, 9.17) is 0 Å². The molecule has 1 aromatic rings. The number of hydrogen-bond donors (Lipinski definition) is 3. The summed E-state index contributed by atoms with van der Waals surface area (Å²) in [7, 11) is 0. The summed E-state index contributed by atoms with van der Waals surface area (Å²) in [4.78, 5) is 29.8. The third-order valence-electron chi connectivity index (χ3n) is 6.61. The molecule has 0 bridgehead atoms. The standard InChI is InChI=1S/C21H29FN4O2/c22-16-6-4-7-17(14-16)23-20(28)24-21(9-2-1-3-10-21)19(27)26-13-12-25-11-5-8-18(25)15-26/h4,6-7,14,18H,1-3,5,8-13,15H2,(H2,23,24,28)/p+1/t18-/m0/s1. The third kappa shape index (κ3) is 3.99. The molecule has 2 saturated heterocycles. The second-order valence-corrected chi connectivity index (χ2v) is 8.48. The normalized spacial score (nSPS) is 26.4. The number of nitrogens with one attached hydrogen (secondary N) is 3. The summed E-state index contributed by atoms with van der Waals surface area (Å²) in [5.74, 6) is -0.342. The Labute approximate surface area is 165 Å². The number of quaternary nitrogens is 1. The van der Waals surface area contributed by atoms with Gasteiger partial charge in [-0.15, -0.1) is 0 Å². The van der Waals surface area contributed by atoms with Gasteiger partial charge < -0.3 is 20.4 Å². The fourth-order valence-corrected chi connectivity index (χ4v) is 5.15. The Morgan fingerprint density at radius 3 is 2.75 bits per heavy atom. The van der Waals surface area contributed by atoms with Crippen LogP contribution in [0.4, 0.5) is 14.9 Å². The summed E-state index contributed by atoms with van der Waals surface area (Å²) >= 11 is 0. The first-order valence-electron chi connectivity index (χ1n) is 10.5. The van der Waals surface area contributed by atoms with Crippen LogP contribution < -0.4 is 15.5 Å². The number of fused-ring (bicyclic) bond motifs is 1. The van der Waals surface area contributed by atoms with Crippen molar-refractivity contribution in [3.05, 3.63) is 30.1 Å². The molecule has 2 aliphatic heterocycles. The predicted molar refractivity (Wildman–Crippen MR) is 105 cm³/mol. The van der Waals surface area contributed by atoms with Crippen molar-refractivity contribution in [1.82, 2.24) is 10.2 Å². The summed E-state index contributed by atoms with van der Waals surface area (Å²) < 4.78 is 13.4. The minimum absolute atomic E-state index is 0.0625. The molecule has 1 unspecified atom stereocenters. The molecule has 1 saturated carbocycles. The van der Waals surface area contributed by atoms with Gasteiger partial charge in [-0.25, -0.2) is 9.18 Å². The van der Waals surface area contributed by atoms with Crippen LogP contribution in [0, 0.1) is 5.82 Å². The van der Waals surface area contributed by atoms with E-state index in [0.717, 1.165) is 38.9 Å². The number of benzene rings is 1. The second-order valence-electron chi connectivity index (χ2n) is 8.48. The molecule has 7 heteroatoms. The molecular formula is C21H30FN4O2+. The maximum atomic E-state index is 13.5. The summed E-state index contributed by atoms with van der Waals surface area (Å²) in [6.45, 7) is 3.77. The van der Waals surface area contributed by atoms with Gasteiger partial charge in [0.25, 0.3) is 0 Å². The van der Waals surface area contributed by atoms with Crippen LogP contribution in [0.5, 0.6) is 0 Å². The summed E-state index contributed by atoms with van der Waals surface area (Å²) in [5, 5.41) is 5.67. The van der Waals surface area contributed by atoms with Crippen molar-refractivity contribution in [3.8, 4) is 0 Å². The lowest BCUT2D eigenvalue weighted by Crippen LogP contribution is -3.16. The van der Waals surface area contributed by atoms with E-state index in [1.807, 2.05) is 4.90 Å². The Morgan fingerprint density at radius 2 is 1.96 bits per heavy atom. The fourth-order valence-electron chi connectivity index (χ4n) is 5.15. The number of piperazine rings is 1. The average molecular weight is 389 g/mol. The molecule has 0 radical (unpaired) electrons. The van der Waals surface area contributed by atoms with Crippen LogP contribution in [-0.2, 0) is 4.79 Å². The molecule has 2 heterocycles. The average Bonchev–Trinajstić information content (AvgIpc) is 3.15. The number of nitrogens with zero attached hydrogens (tertiary/aromatic N) is 1. The Hall–Kier alpha value is -2.15. The van der Waals surface area contributed by atoms with Gasteiger partial charge >= 0.3 is 6.03 Å². The maximum Gasteiger partial charge on any atom is 0.320 e. The molecule has 152 valence electrons. The SMILES string of the molecule is O=C(Nc1cccc(F)c1)NC1(C(=O)N2CC[NH+]3CCC[C@H]3C2)CCCCC1. The van der Waals surface area contributed by atoms with E-state index in [2.05, 4.69) is 10.6 Å².